The maximum Gasteiger partial charge on any atom is 0.235 e. The molecule has 0 aliphatic carbocycles. The first-order valence-corrected chi connectivity index (χ1v) is 33.1. The summed E-state index contributed by atoms with van der Waals surface area (Å²) in [7, 11) is 0. The van der Waals surface area contributed by atoms with E-state index in [-0.39, 0.29) is 0 Å². The summed E-state index contributed by atoms with van der Waals surface area (Å²) in [5, 5.41) is 9.22. The second kappa shape index (κ2) is 24.1. The molecule has 13 heteroatoms. The molecular weight excluding hydrogens is 1230 g/mol. The minimum atomic E-state index is 0.643. The summed E-state index contributed by atoms with van der Waals surface area (Å²) in [5.74, 6) is 3.08. The van der Waals surface area contributed by atoms with Gasteiger partial charge in [0, 0.05) is 114 Å². The molecule has 0 saturated carbocycles. The number of nitrogens with zero attached hydrogens (tertiary/aromatic N) is 13. The van der Waals surface area contributed by atoms with E-state index in [2.05, 4.69) is 264 Å². The minimum absolute atomic E-state index is 0.643. The van der Waals surface area contributed by atoms with Gasteiger partial charge in [0.15, 0.2) is 0 Å². The van der Waals surface area contributed by atoms with Crippen LogP contribution in [-0.4, -0.2) is 63.1 Å². The fraction of sp³-hybridized carbons (Fsp3) is 0. The SMILES string of the molecule is c1ccc(-c2ccc(-n3c4ccccc4c4cc(-c5cnc(-c6ccc7c(c6)c6ccccc6n7-c6ccccn6)cn5)ccc43)nc2)cc1.c1ccc(-c2ccnc(-n3c4ccccc4c4cc(-c5ccc(-c6ccc7c(c6)c6ccccc6n7-c6ncccn6)cn5)ccc43)n2)cc1. The van der Waals surface area contributed by atoms with Gasteiger partial charge in [-0.25, -0.2) is 29.9 Å². The van der Waals surface area contributed by atoms with Gasteiger partial charge in [-0.15, -0.1) is 0 Å². The third-order valence-electron chi connectivity index (χ3n) is 19.0. The maximum atomic E-state index is 4.99. The molecule has 0 unspecified atom stereocenters. The Balaban J connectivity index is 0.000000139. The van der Waals surface area contributed by atoms with Gasteiger partial charge < -0.3 is 0 Å². The van der Waals surface area contributed by atoms with Gasteiger partial charge in [0.05, 0.1) is 79.3 Å². The molecule has 0 aliphatic heterocycles. The first-order valence-electron chi connectivity index (χ1n) is 33.1. The fourth-order valence-corrected chi connectivity index (χ4v) is 14.3. The van der Waals surface area contributed by atoms with E-state index in [4.69, 9.17) is 29.9 Å². The molecule has 100 heavy (non-hydrogen) atoms. The van der Waals surface area contributed by atoms with Crippen molar-refractivity contribution >= 4 is 87.2 Å². The molecule has 0 radical (unpaired) electrons. The summed E-state index contributed by atoms with van der Waals surface area (Å²) < 4.78 is 8.72. The molecule has 0 aliphatic rings. The second-order valence-electron chi connectivity index (χ2n) is 24.7. The van der Waals surface area contributed by atoms with Crippen molar-refractivity contribution in [2.45, 2.75) is 0 Å². The van der Waals surface area contributed by atoms with Gasteiger partial charge in [-0.05, 0) is 126 Å². The van der Waals surface area contributed by atoms with E-state index in [1.807, 2.05) is 91.8 Å². The molecule has 10 aromatic heterocycles. The Labute approximate surface area is 572 Å². The van der Waals surface area contributed by atoms with Crippen molar-refractivity contribution in [1.29, 1.82) is 0 Å². The zero-order valence-electron chi connectivity index (χ0n) is 53.6. The van der Waals surface area contributed by atoms with E-state index in [1.54, 1.807) is 12.4 Å². The second-order valence-corrected chi connectivity index (χ2v) is 24.7. The molecule has 13 nitrogen and oxygen atoms in total. The molecule has 0 N–H and O–H groups in total. The zero-order valence-corrected chi connectivity index (χ0v) is 53.6. The zero-order chi connectivity index (χ0) is 66.0. The van der Waals surface area contributed by atoms with Crippen LogP contribution in [0.25, 0.3) is 178 Å². The number of aromatic nitrogens is 13. The molecule has 0 amide bonds. The molecule has 0 spiro atoms. The van der Waals surface area contributed by atoms with Gasteiger partial charge in [0.1, 0.15) is 11.6 Å². The number of benzene rings is 10. The fourth-order valence-electron chi connectivity index (χ4n) is 14.3. The topological polar surface area (TPSA) is 136 Å². The van der Waals surface area contributed by atoms with Crippen LogP contribution in [0.4, 0.5) is 0 Å². The van der Waals surface area contributed by atoms with Crippen LogP contribution >= 0.6 is 0 Å². The molecule has 0 fully saturated rings. The minimum Gasteiger partial charge on any atom is -0.294 e. The lowest BCUT2D eigenvalue weighted by molar-refractivity contribution is 0.988. The normalized spacial score (nSPS) is 11.6. The van der Waals surface area contributed by atoms with Crippen molar-refractivity contribution in [3.63, 3.8) is 0 Å². The first kappa shape index (κ1) is 57.5. The molecule has 20 rings (SSSR count). The molecule has 0 bridgehead atoms. The van der Waals surface area contributed by atoms with Crippen molar-refractivity contribution in [2.24, 2.45) is 0 Å². The standard InChI is InChI=1S/C44H28N6.C43H27N7/c1-2-10-29(11-3-1)32-19-22-44(48-26-32)50-40-15-7-5-13-34(40)36-25-31(18-21-42(36)50)38-28-46-37(27-47-38)30-17-20-41-35(24-30)33-12-4-6-14-39(33)49(41)43-16-8-9-23-45-43;1-2-9-28(10-3-1)37-21-24-46-43(48-37)50-39-14-7-5-12-33(39)35-26-30(17-20-41(35)50)36-18-15-31(27-47-36)29-16-19-40-34(25-29)32-11-4-6-13-38(32)49(40)42-44-22-8-23-45-42/h1-28H;1-27H. The first-order chi connectivity index (χ1) is 49.6. The largest absolute Gasteiger partial charge is 0.294 e. The van der Waals surface area contributed by atoms with E-state index in [9.17, 15) is 0 Å². The van der Waals surface area contributed by atoms with Crippen molar-refractivity contribution in [3.05, 3.63) is 335 Å². The van der Waals surface area contributed by atoms with Crippen LogP contribution in [0.1, 0.15) is 0 Å². The van der Waals surface area contributed by atoms with Gasteiger partial charge in [0.25, 0.3) is 0 Å². The summed E-state index contributed by atoms with van der Waals surface area (Å²) in [6.45, 7) is 0. The van der Waals surface area contributed by atoms with Crippen molar-refractivity contribution in [1.82, 2.24) is 63.1 Å². The Morgan fingerprint density at radius 3 is 1.08 bits per heavy atom. The summed E-state index contributed by atoms with van der Waals surface area (Å²) in [4.78, 5) is 43.1. The van der Waals surface area contributed by atoms with Crippen molar-refractivity contribution in [2.75, 3.05) is 0 Å². The van der Waals surface area contributed by atoms with Crippen LogP contribution in [0.15, 0.2) is 335 Å². The Hall–Kier alpha value is -13.9. The van der Waals surface area contributed by atoms with E-state index in [0.29, 0.717) is 11.9 Å². The molecule has 0 saturated heterocycles. The monoisotopic (exact) mass is 1280 g/mol. The molecular formula is C87H55N13. The van der Waals surface area contributed by atoms with Crippen LogP contribution in [0.3, 0.4) is 0 Å². The summed E-state index contributed by atoms with van der Waals surface area (Å²) >= 11 is 0. The number of rotatable bonds is 10. The molecule has 10 heterocycles. The highest BCUT2D eigenvalue weighted by atomic mass is 15.2. The average Bonchev–Trinajstić information content (AvgIpc) is 1.61. The molecule has 10 aromatic carbocycles. The predicted octanol–water partition coefficient (Wildman–Crippen LogP) is 20.3. The van der Waals surface area contributed by atoms with Gasteiger partial charge >= 0.3 is 0 Å². The smallest absolute Gasteiger partial charge is 0.235 e. The number of pyridine rings is 3. The van der Waals surface area contributed by atoms with Crippen LogP contribution in [-0.2, 0) is 0 Å². The predicted molar refractivity (Wildman–Crippen MR) is 403 cm³/mol. The van der Waals surface area contributed by atoms with E-state index in [0.717, 1.165) is 155 Å². The number of hydrogen-bond acceptors (Lipinski definition) is 9. The summed E-state index contributed by atoms with van der Waals surface area (Å²) in [5.41, 5.74) is 20.7. The van der Waals surface area contributed by atoms with E-state index >= 15 is 0 Å². The Morgan fingerprint density at radius 1 is 0.180 bits per heavy atom. The van der Waals surface area contributed by atoms with Crippen LogP contribution in [0.2, 0.25) is 0 Å². The Kier molecular flexibility index (Phi) is 13.9. The lowest BCUT2D eigenvalue weighted by atomic mass is 10.0. The third-order valence-corrected chi connectivity index (χ3v) is 19.0. The molecule has 20 aromatic rings. The maximum absolute atomic E-state index is 4.99. The van der Waals surface area contributed by atoms with Gasteiger partial charge in [-0.1, -0.05) is 170 Å². The number of fused-ring (bicyclic) bond motifs is 12. The van der Waals surface area contributed by atoms with Gasteiger partial charge in [-0.3, -0.25) is 33.2 Å². The van der Waals surface area contributed by atoms with Gasteiger partial charge in [-0.2, -0.15) is 0 Å². The highest BCUT2D eigenvalue weighted by molar-refractivity contribution is 6.13. The lowest BCUT2D eigenvalue weighted by Crippen LogP contribution is -2.01. The van der Waals surface area contributed by atoms with E-state index < -0.39 is 0 Å². The molecule has 468 valence electrons. The van der Waals surface area contributed by atoms with Gasteiger partial charge in [0.2, 0.25) is 11.9 Å². The summed E-state index contributed by atoms with van der Waals surface area (Å²) in [6, 6.07) is 98.7. The van der Waals surface area contributed by atoms with Crippen molar-refractivity contribution in [3.8, 4) is 90.8 Å². The van der Waals surface area contributed by atoms with Crippen LogP contribution in [0, 0.1) is 0 Å². The highest BCUT2D eigenvalue weighted by Gasteiger charge is 2.21. The quantitative estimate of drug-likeness (QED) is 0.131. The number of hydrogen-bond donors (Lipinski definition) is 0. The number of para-hydroxylation sites is 4. The average molecular weight is 1280 g/mol. The summed E-state index contributed by atoms with van der Waals surface area (Å²) in [6.07, 6.45) is 14.9. The highest BCUT2D eigenvalue weighted by Crippen LogP contribution is 2.40. The molecule has 0 atom stereocenters. The van der Waals surface area contributed by atoms with Crippen LogP contribution < -0.4 is 0 Å². The third kappa shape index (κ3) is 9.91. The van der Waals surface area contributed by atoms with Crippen LogP contribution in [0.5, 0.6) is 0 Å². The van der Waals surface area contributed by atoms with E-state index in [1.165, 1.54) is 10.8 Å². The Morgan fingerprint density at radius 2 is 0.570 bits per heavy atom. The van der Waals surface area contributed by atoms with Crippen molar-refractivity contribution < 1.29 is 0 Å². The Bertz CT molecular complexity index is 6490. The lowest BCUT2D eigenvalue weighted by Gasteiger charge is -2.09.